The first-order valence-corrected chi connectivity index (χ1v) is 11.0. The molecule has 1 N–H and O–H groups in total. The molecule has 2 aromatic carbocycles. The zero-order valence-corrected chi connectivity index (χ0v) is 18.7. The fraction of sp³-hybridized carbons (Fsp3) is 0.154. The summed E-state index contributed by atoms with van der Waals surface area (Å²) in [7, 11) is 0. The molecule has 0 radical (unpaired) electrons. The van der Waals surface area contributed by atoms with Gasteiger partial charge in [0, 0.05) is 29.0 Å². The predicted molar refractivity (Wildman–Crippen MR) is 130 cm³/mol. The van der Waals surface area contributed by atoms with Gasteiger partial charge in [0.1, 0.15) is 11.9 Å². The molecule has 5 rings (SSSR count). The number of halogens is 1. The Morgan fingerprint density at radius 3 is 2.41 bits per heavy atom. The quantitative estimate of drug-likeness (QED) is 0.405. The number of pyridine rings is 1. The smallest absolute Gasteiger partial charge is 0.174 e. The standard InChI is InChI=1S/C26H23FN4S/c1-17-16-20(12-13-21(17)27)31-25(24(29-26(31)32)22-10-6-7-15-28-22)23-14-11-18(2)30(23)19-8-4-3-5-9-19/h3-16,24-25H,1-2H3,(H,29,32)/t24-,25+/m1/s1. The van der Waals surface area contributed by atoms with Crippen LogP contribution in [-0.2, 0) is 0 Å². The Bertz CT molecular complexity index is 1270. The third kappa shape index (κ3) is 3.46. The van der Waals surface area contributed by atoms with Gasteiger partial charge in [0.2, 0.25) is 0 Å². The minimum Gasteiger partial charge on any atom is -0.351 e. The normalized spacial score (nSPS) is 18.1. The SMILES string of the molecule is Cc1cc(N2C(=S)N[C@H](c3ccccn3)[C@@H]2c2ccc(C)n2-c2ccccc2)ccc1F. The molecule has 4 aromatic rings. The fourth-order valence-corrected chi connectivity index (χ4v) is 4.78. The van der Waals surface area contributed by atoms with Gasteiger partial charge in [-0.3, -0.25) is 4.98 Å². The van der Waals surface area contributed by atoms with Crippen molar-refractivity contribution in [2.45, 2.75) is 25.9 Å². The molecule has 2 atom stereocenters. The Labute approximate surface area is 192 Å². The molecule has 1 aliphatic rings. The number of para-hydroxylation sites is 1. The van der Waals surface area contributed by atoms with E-state index in [0.29, 0.717) is 10.7 Å². The highest BCUT2D eigenvalue weighted by atomic mass is 32.1. The van der Waals surface area contributed by atoms with Crippen molar-refractivity contribution in [1.29, 1.82) is 0 Å². The van der Waals surface area contributed by atoms with Crippen molar-refractivity contribution in [3.8, 4) is 5.69 Å². The highest BCUT2D eigenvalue weighted by molar-refractivity contribution is 7.80. The van der Waals surface area contributed by atoms with Crippen LogP contribution >= 0.6 is 12.2 Å². The van der Waals surface area contributed by atoms with Crippen LogP contribution in [0.3, 0.4) is 0 Å². The Morgan fingerprint density at radius 2 is 1.69 bits per heavy atom. The van der Waals surface area contributed by atoms with Gasteiger partial charge in [0.05, 0.1) is 11.7 Å². The van der Waals surface area contributed by atoms with Crippen molar-refractivity contribution in [2.24, 2.45) is 0 Å². The summed E-state index contributed by atoms with van der Waals surface area (Å²) >= 11 is 5.80. The first-order valence-electron chi connectivity index (χ1n) is 10.5. The first kappa shape index (κ1) is 20.4. The van der Waals surface area contributed by atoms with Crippen molar-refractivity contribution in [2.75, 3.05) is 4.90 Å². The maximum atomic E-state index is 14.1. The van der Waals surface area contributed by atoms with Crippen LogP contribution in [0.5, 0.6) is 0 Å². The summed E-state index contributed by atoms with van der Waals surface area (Å²) < 4.78 is 16.3. The van der Waals surface area contributed by atoms with Gasteiger partial charge in [-0.1, -0.05) is 24.3 Å². The second-order valence-electron chi connectivity index (χ2n) is 8.00. The maximum absolute atomic E-state index is 14.1. The number of thiocarbonyl (C=S) groups is 1. The van der Waals surface area contributed by atoms with E-state index in [1.165, 1.54) is 6.07 Å². The third-order valence-electron chi connectivity index (χ3n) is 5.94. The molecule has 32 heavy (non-hydrogen) atoms. The number of aryl methyl sites for hydroxylation is 2. The Morgan fingerprint density at radius 1 is 0.906 bits per heavy atom. The predicted octanol–water partition coefficient (Wildman–Crippen LogP) is 5.81. The minimum absolute atomic E-state index is 0.161. The zero-order valence-electron chi connectivity index (χ0n) is 17.9. The van der Waals surface area contributed by atoms with E-state index in [1.807, 2.05) is 42.5 Å². The third-order valence-corrected chi connectivity index (χ3v) is 6.26. The van der Waals surface area contributed by atoms with Gasteiger partial charge in [-0.15, -0.1) is 0 Å². The van der Waals surface area contributed by atoms with Gasteiger partial charge in [0.25, 0.3) is 0 Å². The lowest BCUT2D eigenvalue weighted by molar-refractivity contribution is 0.547. The summed E-state index contributed by atoms with van der Waals surface area (Å²) in [6, 6.07) is 25.2. The van der Waals surface area contributed by atoms with E-state index in [-0.39, 0.29) is 17.9 Å². The molecule has 0 bridgehead atoms. The van der Waals surface area contributed by atoms with Crippen LogP contribution in [0.2, 0.25) is 0 Å². The maximum Gasteiger partial charge on any atom is 0.174 e. The average molecular weight is 443 g/mol. The van der Waals surface area contributed by atoms with Gasteiger partial charge in [-0.2, -0.15) is 0 Å². The number of aromatic nitrogens is 2. The second-order valence-corrected chi connectivity index (χ2v) is 8.39. The van der Waals surface area contributed by atoms with Crippen LogP contribution in [0.4, 0.5) is 10.1 Å². The van der Waals surface area contributed by atoms with Gasteiger partial charge < -0.3 is 14.8 Å². The van der Waals surface area contributed by atoms with E-state index in [9.17, 15) is 4.39 Å². The van der Waals surface area contributed by atoms with Crippen molar-refractivity contribution in [3.05, 3.63) is 114 Å². The number of nitrogens with zero attached hydrogens (tertiary/aromatic N) is 3. The Balaban J connectivity index is 1.71. The summed E-state index contributed by atoms with van der Waals surface area (Å²) in [5.74, 6) is -0.229. The number of rotatable bonds is 4. The molecule has 0 saturated carbocycles. The molecular weight excluding hydrogens is 419 g/mol. The lowest BCUT2D eigenvalue weighted by atomic mass is 10.0. The van der Waals surface area contributed by atoms with Gasteiger partial charge >= 0.3 is 0 Å². The van der Waals surface area contributed by atoms with Gasteiger partial charge in [-0.05, 0) is 86.2 Å². The average Bonchev–Trinajstić information content (AvgIpc) is 3.36. The van der Waals surface area contributed by atoms with Crippen molar-refractivity contribution in [3.63, 3.8) is 0 Å². The molecule has 0 amide bonds. The highest BCUT2D eigenvalue weighted by Crippen LogP contribution is 2.43. The molecule has 2 aromatic heterocycles. The van der Waals surface area contributed by atoms with Crippen LogP contribution < -0.4 is 10.2 Å². The van der Waals surface area contributed by atoms with Gasteiger partial charge in [-0.25, -0.2) is 4.39 Å². The summed E-state index contributed by atoms with van der Waals surface area (Å²) in [5, 5.41) is 4.07. The van der Waals surface area contributed by atoms with Crippen LogP contribution in [0, 0.1) is 19.7 Å². The van der Waals surface area contributed by atoms with E-state index in [4.69, 9.17) is 12.2 Å². The Kier molecular flexibility index (Phi) is 5.23. The summed E-state index contributed by atoms with van der Waals surface area (Å²) in [4.78, 5) is 6.70. The number of hydrogen-bond donors (Lipinski definition) is 1. The van der Waals surface area contributed by atoms with E-state index in [2.05, 4.69) is 51.0 Å². The molecule has 1 fully saturated rings. The molecule has 0 unspecified atom stereocenters. The van der Waals surface area contributed by atoms with Gasteiger partial charge in [0.15, 0.2) is 5.11 Å². The van der Waals surface area contributed by atoms with Crippen molar-refractivity contribution < 1.29 is 4.39 Å². The topological polar surface area (TPSA) is 33.1 Å². The molecule has 3 heterocycles. The monoisotopic (exact) mass is 442 g/mol. The van der Waals surface area contributed by atoms with Crippen LogP contribution in [0.15, 0.2) is 85.1 Å². The second kappa shape index (κ2) is 8.20. The van der Waals surface area contributed by atoms with Crippen molar-refractivity contribution in [1.82, 2.24) is 14.9 Å². The zero-order chi connectivity index (χ0) is 22.2. The first-order chi connectivity index (χ1) is 15.5. The lowest BCUT2D eigenvalue weighted by Crippen LogP contribution is -2.30. The van der Waals surface area contributed by atoms with E-state index >= 15 is 0 Å². The summed E-state index contributed by atoms with van der Waals surface area (Å²) in [5.41, 5.74) is 5.62. The largest absolute Gasteiger partial charge is 0.351 e. The minimum atomic E-state index is -0.229. The fourth-order valence-electron chi connectivity index (χ4n) is 4.43. The molecule has 160 valence electrons. The van der Waals surface area contributed by atoms with E-state index in [0.717, 1.165) is 28.5 Å². The van der Waals surface area contributed by atoms with Crippen LogP contribution in [0.25, 0.3) is 5.69 Å². The lowest BCUT2D eigenvalue weighted by Gasteiger charge is -2.29. The molecule has 4 nitrogen and oxygen atoms in total. The highest BCUT2D eigenvalue weighted by Gasteiger charge is 2.42. The summed E-state index contributed by atoms with van der Waals surface area (Å²) in [6.07, 6.45) is 1.79. The van der Waals surface area contributed by atoms with Crippen LogP contribution in [0.1, 0.15) is 34.7 Å². The van der Waals surface area contributed by atoms with E-state index < -0.39 is 0 Å². The van der Waals surface area contributed by atoms with Crippen LogP contribution in [-0.4, -0.2) is 14.7 Å². The Hall–Kier alpha value is -3.51. The van der Waals surface area contributed by atoms with E-state index in [1.54, 1.807) is 19.2 Å². The van der Waals surface area contributed by atoms with Crippen molar-refractivity contribution >= 4 is 23.0 Å². The molecule has 1 saturated heterocycles. The molecule has 6 heteroatoms. The summed E-state index contributed by atoms with van der Waals surface area (Å²) in [6.45, 7) is 3.87. The molecule has 0 aliphatic carbocycles. The molecular formula is C26H23FN4S. The number of nitrogens with one attached hydrogen (secondary N) is 1. The molecule has 1 aliphatic heterocycles. The number of benzene rings is 2. The number of anilines is 1. The number of hydrogen-bond acceptors (Lipinski definition) is 2. The molecule has 0 spiro atoms.